The van der Waals surface area contributed by atoms with Gasteiger partial charge in [0.25, 0.3) is 0 Å². The number of aromatic nitrogens is 2. The van der Waals surface area contributed by atoms with Crippen molar-refractivity contribution in [2.24, 2.45) is 10.6 Å². The molecule has 0 bridgehead atoms. The van der Waals surface area contributed by atoms with Crippen molar-refractivity contribution in [2.75, 3.05) is 11.9 Å². The average Bonchev–Trinajstić information content (AvgIpc) is 3.10. The smallest absolute Gasteiger partial charge is 0.319 e. The fourth-order valence-corrected chi connectivity index (χ4v) is 3.22. The highest BCUT2D eigenvalue weighted by atomic mass is 35.5. The molecule has 1 heterocycles. The first-order valence-corrected chi connectivity index (χ1v) is 9.55. The van der Waals surface area contributed by atoms with Crippen molar-refractivity contribution in [1.29, 1.82) is 0 Å². The summed E-state index contributed by atoms with van der Waals surface area (Å²) in [5, 5.41) is 14.9. The molecule has 8 nitrogen and oxygen atoms in total. The Bertz CT molecular complexity index is 879. The number of carbonyl (C=O) groups excluding carboxylic acids is 1. The summed E-state index contributed by atoms with van der Waals surface area (Å²) in [5.41, 5.74) is 0.193. The molecule has 1 saturated carbocycles. The van der Waals surface area contributed by atoms with Gasteiger partial charge in [-0.2, -0.15) is 5.10 Å². The minimum Gasteiger partial charge on any atom is -0.337 e. The normalized spacial score (nSPS) is 15.6. The largest absolute Gasteiger partial charge is 0.337 e. The lowest BCUT2D eigenvalue weighted by Crippen LogP contribution is -2.35. The third-order valence-corrected chi connectivity index (χ3v) is 5.39. The summed E-state index contributed by atoms with van der Waals surface area (Å²) in [6.45, 7) is 1.23. The number of nitrogens with one attached hydrogen (secondary N) is 2. The molecule has 0 saturated heterocycles. The maximum Gasteiger partial charge on any atom is 0.319 e. The lowest BCUT2D eigenvalue weighted by molar-refractivity contribution is 0.248. The number of nitrogens with two attached hydrogens (primary N) is 1. The average molecular weight is 384 g/mol. The quantitative estimate of drug-likeness (QED) is 0.704. The van der Waals surface area contributed by atoms with E-state index in [4.69, 9.17) is 16.7 Å². The number of urea groups is 1. The molecule has 1 aliphatic carbocycles. The van der Waals surface area contributed by atoms with Crippen LogP contribution in [0.1, 0.15) is 12.8 Å². The maximum absolute atomic E-state index is 12.1. The monoisotopic (exact) mass is 383 g/mol. The number of primary sulfonamides is 1. The number of hydrogen-bond acceptors (Lipinski definition) is 4. The second-order valence-corrected chi connectivity index (χ2v) is 8.17. The van der Waals surface area contributed by atoms with Crippen LogP contribution >= 0.6 is 11.6 Å². The molecule has 0 spiro atoms. The van der Waals surface area contributed by atoms with Crippen LogP contribution in [-0.2, 0) is 16.6 Å². The number of anilines is 1. The summed E-state index contributed by atoms with van der Waals surface area (Å²) < 4.78 is 24.6. The van der Waals surface area contributed by atoms with Crippen LogP contribution in [0, 0.1) is 5.41 Å². The van der Waals surface area contributed by atoms with Gasteiger partial charge in [-0.3, -0.25) is 4.68 Å². The first kappa shape index (κ1) is 17.7. The number of hydrogen-bond donors (Lipinski definition) is 3. The van der Waals surface area contributed by atoms with Crippen LogP contribution in [0.2, 0.25) is 5.02 Å². The van der Waals surface area contributed by atoms with Gasteiger partial charge in [0, 0.05) is 30.9 Å². The summed E-state index contributed by atoms with van der Waals surface area (Å²) in [6, 6.07) is 5.28. The fourth-order valence-electron chi connectivity index (χ4n) is 2.52. The Balaban J connectivity index is 1.60. The van der Waals surface area contributed by atoms with E-state index >= 15 is 0 Å². The molecule has 0 unspecified atom stereocenters. The van der Waals surface area contributed by atoms with Gasteiger partial charge in [0.15, 0.2) is 0 Å². The SMILES string of the molecule is NS(=O)(=O)c1ccc(Cl)c(NC(=O)NCC2(Cn3cccn3)CC2)c1. The molecule has 1 aromatic heterocycles. The van der Waals surface area contributed by atoms with Crippen LogP contribution in [0.25, 0.3) is 0 Å². The van der Waals surface area contributed by atoms with Crippen LogP contribution < -0.4 is 15.8 Å². The van der Waals surface area contributed by atoms with E-state index in [1.165, 1.54) is 18.2 Å². The second kappa shape index (κ2) is 6.66. The van der Waals surface area contributed by atoms with Gasteiger partial charge in [-0.25, -0.2) is 18.4 Å². The van der Waals surface area contributed by atoms with E-state index in [1.807, 2.05) is 16.9 Å². The van der Waals surface area contributed by atoms with E-state index in [2.05, 4.69) is 15.7 Å². The topological polar surface area (TPSA) is 119 Å². The molecule has 1 fully saturated rings. The molecule has 4 N–H and O–H groups in total. The first-order chi connectivity index (χ1) is 11.8. The summed E-state index contributed by atoms with van der Waals surface area (Å²) in [6.07, 6.45) is 5.62. The zero-order chi connectivity index (χ0) is 18.1. The zero-order valence-corrected chi connectivity index (χ0v) is 14.8. The number of halogens is 1. The van der Waals surface area contributed by atoms with Gasteiger partial charge in [0.2, 0.25) is 10.0 Å². The van der Waals surface area contributed by atoms with Crippen LogP contribution in [0.5, 0.6) is 0 Å². The number of rotatable bonds is 6. The highest BCUT2D eigenvalue weighted by Crippen LogP contribution is 2.46. The summed E-state index contributed by atoms with van der Waals surface area (Å²) in [4.78, 5) is 12.0. The molecular weight excluding hydrogens is 366 g/mol. The highest BCUT2D eigenvalue weighted by Gasteiger charge is 2.43. The molecule has 1 aliphatic rings. The van der Waals surface area contributed by atoms with Crippen LogP contribution in [0.15, 0.2) is 41.6 Å². The highest BCUT2D eigenvalue weighted by molar-refractivity contribution is 7.89. The van der Waals surface area contributed by atoms with Crippen molar-refractivity contribution in [3.05, 3.63) is 41.7 Å². The molecule has 2 aromatic rings. The lowest BCUT2D eigenvalue weighted by atomic mass is 10.1. The van der Waals surface area contributed by atoms with E-state index in [-0.39, 0.29) is 21.0 Å². The molecule has 2 amide bonds. The number of nitrogens with zero attached hydrogens (tertiary/aromatic N) is 2. The van der Waals surface area contributed by atoms with Crippen molar-refractivity contribution in [1.82, 2.24) is 15.1 Å². The molecule has 1 aromatic carbocycles. The van der Waals surface area contributed by atoms with Gasteiger partial charge in [-0.1, -0.05) is 11.6 Å². The fraction of sp³-hybridized carbons (Fsp3) is 0.333. The number of carbonyl (C=O) groups is 1. The zero-order valence-electron chi connectivity index (χ0n) is 13.3. The molecule has 0 radical (unpaired) electrons. The predicted molar refractivity (Wildman–Crippen MR) is 93.7 cm³/mol. The Morgan fingerprint density at radius 1 is 1.40 bits per heavy atom. The van der Waals surface area contributed by atoms with Crippen molar-refractivity contribution in [2.45, 2.75) is 24.3 Å². The van der Waals surface area contributed by atoms with Gasteiger partial charge in [-0.05, 0) is 37.1 Å². The molecule has 25 heavy (non-hydrogen) atoms. The van der Waals surface area contributed by atoms with E-state index < -0.39 is 16.1 Å². The molecule has 3 rings (SSSR count). The van der Waals surface area contributed by atoms with E-state index in [0.29, 0.717) is 6.54 Å². The van der Waals surface area contributed by atoms with Crippen LogP contribution in [0.4, 0.5) is 10.5 Å². The Hall–Kier alpha value is -2.10. The molecule has 0 aliphatic heterocycles. The van der Waals surface area contributed by atoms with Gasteiger partial charge in [0.1, 0.15) is 0 Å². The van der Waals surface area contributed by atoms with Crippen LogP contribution in [-0.4, -0.2) is 30.8 Å². The lowest BCUT2D eigenvalue weighted by Gasteiger charge is -2.17. The number of amides is 2. The Kier molecular flexibility index (Phi) is 4.72. The van der Waals surface area contributed by atoms with Crippen molar-refractivity contribution in [3.63, 3.8) is 0 Å². The Morgan fingerprint density at radius 2 is 2.16 bits per heavy atom. The van der Waals surface area contributed by atoms with Gasteiger partial charge >= 0.3 is 6.03 Å². The second-order valence-electron chi connectivity index (χ2n) is 6.20. The first-order valence-electron chi connectivity index (χ1n) is 7.62. The van der Waals surface area contributed by atoms with Crippen LogP contribution in [0.3, 0.4) is 0 Å². The van der Waals surface area contributed by atoms with Crippen molar-refractivity contribution < 1.29 is 13.2 Å². The number of benzene rings is 1. The predicted octanol–water partition coefficient (Wildman–Crippen LogP) is 1.79. The Labute approximate surface area is 150 Å². The third kappa shape index (κ3) is 4.50. The van der Waals surface area contributed by atoms with E-state index in [0.717, 1.165) is 19.4 Å². The molecular formula is C15H18ClN5O3S. The molecule has 0 atom stereocenters. The standard InChI is InChI=1S/C15H18ClN5O3S/c16-12-3-2-11(25(17,23)24)8-13(12)20-14(22)18-9-15(4-5-15)10-21-7-1-6-19-21/h1-3,6-8H,4-5,9-10H2,(H2,17,23,24)(H2,18,20,22). The summed E-state index contributed by atoms with van der Waals surface area (Å²) in [7, 11) is -3.87. The van der Waals surface area contributed by atoms with Gasteiger partial charge < -0.3 is 10.6 Å². The molecule has 10 heteroatoms. The maximum atomic E-state index is 12.1. The van der Waals surface area contributed by atoms with Gasteiger partial charge in [-0.15, -0.1) is 0 Å². The third-order valence-electron chi connectivity index (χ3n) is 4.15. The number of sulfonamides is 1. The minimum absolute atomic E-state index is 0.00952. The Morgan fingerprint density at radius 3 is 2.76 bits per heavy atom. The van der Waals surface area contributed by atoms with Crippen molar-refractivity contribution in [3.8, 4) is 0 Å². The summed E-state index contributed by atoms with van der Waals surface area (Å²) in [5.74, 6) is 0. The van der Waals surface area contributed by atoms with E-state index in [1.54, 1.807) is 6.20 Å². The van der Waals surface area contributed by atoms with Crippen molar-refractivity contribution >= 4 is 33.3 Å². The van der Waals surface area contributed by atoms with E-state index in [9.17, 15) is 13.2 Å². The summed E-state index contributed by atoms with van der Waals surface area (Å²) >= 11 is 6.00. The molecule has 134 valence electrons. The minimum atomic E-state index is -3.87. The van der Waals surface area contributed by atoms with Gasteiger partial charge in [0.05, 0.1) is 15.6 Å².